The Morgan fingerprint density at radius 2 is 2.24 bits per heavy atom. The van der Waals surface area contributed by atoms with Gasteiger partial charge in [-0.05, 0) is 6.07 Å². The first kappa shape index (κ1) is 12.7. The lowest BCUT2D eigenvalue weighted by molar-refractivity contribution is -0.140. The molecule has 1 aromatic rings. The van der Waals surface area contributed by atoms with Crippen molar-refractivity contribution in [3.05, 3.63) is 18.0 Å². The lowest BCUT2D eigenvalue weighted by Crippen LogP contribution is -2.43. The van der Waals surface area contributed by atoms with Crippen LogP contribution in [0.1, 0.15) is 16.9 Å². The Kier molecular flexibility index (Phi) is 3.81. The predicted octanol–water partition coefficient (Wildman–Crippen LogP) is -1.52. The van der Waals surface area contributed by atoms with Crippen LogP contribution in [0.4, 0.5) is 0 Å². The van der Waals surface area contributed by atoms with Crippen LogP contribution < -0.4 is 11.1 Å². The minimum atomic E-state index is -1.34. The van der Waals surface area contributed by atoms with Crippen LogP contribution in [0.2, 0.25) is 0 Å². The van der Waals surface area contributed by atoms with Gasteiger partial charge in [0.2, 0.25) is 5.91 Å². The Bertz CT molecular complexity index is 454. The van der Waals surface area contributed by atoms with Crippen molar-refractivity contribution in [2.24, 2.45) is 12.8 Å². The van der Waals surface area contributed by atoms with Crippen molar-refractivity contribution >= 4 is 17.8 Å². The monoisotopic (exact) mass is 240 g/mol. The third-order valence-corrected chi connectivity index (χ3v) is 2.06. The van der Waals surface area contributed by atoms with Crippen LogP contribution in [-0.4, -0.2) is 38.7 Å². The second-order valence-corrected chi connectivity index (χ2v) is 3.37. The highest BCUT2D eigenvalue weighted by atomic mass is 16.4. The number of hydrogen-bond acceptors (Lipinski definition) is 4. The zero-order valence-corrected chi connectivity index (χ0v) is 9.08. The molecule has 0 aliphatic heterocycles. The molecule has 1 aromatic heterocycles. The zero-order chi connectivity index (χ0) is 13.0. The van der Waals surface area contributed by atoms with Crippen molar-refractivity contribution in [3.63, 3.8) is 0 Å². The summed E-state index contributed by atoms with van der Waals surface area (Å²) in [5.41, 5.74) is 5.08. The number of rotatable bonds is 5. The Labute approximate surface area is 96.4 Å². The van der Waals surface area contributed by atoms with Gasteiger partial charge in [0.1, 0.15) is 11.7 Å². The van der Waals surface area contributed by atoms with Gasteiger partial charge in [0.15, 0.2) is 0 Å². The third-order valence-electron chi connectivity index (χ3n) is 2.06. The van der Waals surface area contributed by atoms with Crippen molar-refractivity contribution in [3.8, 4) is 0 Å². The largest absolute Gasteiger partial charge is 0.480 e. The number of nitrogens with one attached hydrogen (secondary N) is 1. The van der Waals surface area contributed by atoms with E-state index in [2.05, 4.69) is 10.4 Å². The van der Waals surface area contributed by atoms with Gasteiger partial charge < -0.3 is 16.2 Å². The molecule has 1 heterocycles. The number of carboxylic acids is 1. The van der Waals surface area contributed by atoms with Gasteiger partial charge in [0.25, 0.3) is 5.91 Å². The SMILES string of the molecule is Cn1nccc1C(=O)N[C@H](CC(N)=O)C(=O)O. The van der Waals surface area contributed by atoms with Crippen LogP contribution >= 0.6 is 0 Å². The first-order valence-corrected chi connectivity index (χ1v) is 4.71. The minimum absolute atomic E-state index is 0.195. The average molecular weight is 240 g/mol. The van der Waals surface area contributed by atoms with E-state index in [9.17, 15) is 14.4 Å². The van der Waals surface area contributed by atoms with Crippen LogP contribution in [0.15, 0.2) is 12.3 Å². The zero-order valence-electron chi connectivity index (χ0n) is 9.08. The van der Waals surface area contributed by atoms with E-state index in [-0.39, 0.29) is 5.69 Å². The summed E-state index contributed by atoms with van der Waals surface area (Å²) in [7, 11) is 1.54. The van der Waals surface area contributed by atoms with E-state index in [0.29, 0.717) is 0 Å². The van der Waals surface area contributed by atoms with Gasteiger partial charge in [-0.25, -0.2) is 4.79 Å². The highest BCUT2D eigenvalue weighted by Crippen LogP contribution is 1.99. The van der Waals surface area contributed by atoms with Crippen LogP contribution in [0.5, 0.6) is 0 Å². The number of carboxylic acid groups (broad SMARTS) is 1. The highest BCUT2D eigenvalue weighted by Gasteiger charge is 2.23. The fourth-order valence-electron chi connectivity index (χ4n) is 1.23. The summed E-state index contributed by atoms with van der Waals surface area (Å²) >= 11 is 0. The summed E-state index contributed by atoms with van der Waals surface area (Å²) in [5, 5.41) is 14.8. The van der Waals surface area contributed by atoms with Crippen LogP contribution in [0.3, 0.4) is 0 Å². The Balaban J connectivity index is 2.74. The summed E-state index contributed by atoms with van der Waals surface area (Å²) < 4.78 is 1.29. The van der Waals surface area contributed by atoms with E-state index in [4.69, 9.17) is 10.8 Å². The number of carbonyl (C=O) groups excluding carboxylic acids is 2. The second-order valence-electron chi connectivity index (χ2n) is 3.37. The van der Waals surface area contributed by atoms with E-state index < -0.39 is 30.2 Å². The number of aromatic nitrogens is 2. The maximum absolute atomic E-state index is 11.6. The Morgan fingerprint density at radius 1 is 1.59 bits per heavy atom. The molecule has 0 aliphatic carbocycles. The maximum Gasteiger partial charge on any atom is 0.326 e. The molecule has 0 aromatic carbocycles. The second kappa shape index (κ2) is 5.10. The third kappa shape index (κ3) is 3.30. The molecule has 8 nitrogen and oxygen atoms in total. The van der Waals surface area contributed by atoms with Crippen molar-refractivity contribution in [1.82, 2.24) is 15.1 Å². The van der Waals surface area contributed by atoms with E-state index in [0.717, 1.165) is 0 Å². The molecule has 17 heavy (non-hydrogen) atoms. The number of nitrogens with two attached hydrogens (primary N) is 1. The molecule has 0 bridgehead atoms. The number of aryl methyl sites for hydroxylation is 1. The topological polar surface area (TPSA) is 127 Å². The fourth-order valence-corrected chi connectivity index (χ4v) is 1.23. The summed E-state index contributed by atoms with van der Waals surface area (Å²) in [4.78, 5) is 33.1. The molecule has 0 saturated carbocycles. The fraction of sp³-hybridized carbons (Fsp3) is 0.333. The summed E-state index contributed by atoms with van der Waals surface area (Å²) in [5.74, 6) is -2.75. The number of primary amides is 1. The number of carbonyl (C=O) groups is 3. The van der Waals surface area contributed by atoms with Gasteiger partial charge in [0, 0.05) is 13.2 Å². The quantitative estimate of drug-likeness (QED) is 0.575. The molecule has 92 valence electrons. The predicted molar refractivity (Wildman–Crippen MR) is 55.9 cm³/mol. The van der Waals surface area contributed by atoms with E-state index in [1.54, 1.807) is 7.05 Å². The normalized spacial score (nSPS) is 11.8. The lowest BCUT2D eigenvalue weighted by Gasteiger charge is -2.12. The molecule has 2 amide bonds. The van der Waals surface area contributed by atoms with E-state index >= 15 is 0 Å². The van der Waals surface area contributed by atoms with E-state index in [1.807, 2.05) is 0 Å². The first-order chi connectivity index (χ1) is 7.91. The van der Waals surface area contributed by atoms with Crippen LogP contribution in [0.25, 0.3) is 0 Å². The summed E-state index contributed by atoms with van der Waals surface area (Å²) in [6.45, 7) is 0. The Morgan fingerprint density at radius 3 is 2.65 bits per heavy atom. The molecule has 0 saturated heterocycles. The van der Waals surface area contributed by atoms with Gasteiger partial charge in [-0.2, -0.15) is 5.10 Å². The molecular formula is C9H12N4O4. The van der Waals surface area contributed by atoms with Crippen LogP contribution in [-0.2, 0) is 16.6 Å². The molecule has 8 heteroatoms. The molecule has 1 rings (SSSR count). The van der Waals surface area contributed by atoms with Crippen molar-refractivity contribution in [1.29, 1.82) is 0 Å². The number of amides is 2. The van der Waals surface area contributed by atoms with Crippen LogP contribution in [0, 0.1) is 0 Å². The minimum Gasteiger partial charge on any atom is -0.480 e. The highest BCUT2D eigenvalue weighted by molar-refractivity contribution is 5.96. The number of aliphatic carboxylic acids is 1. The molecule has 4 N–H and O–H groups in total. The van der Waals surface area contributed by atoms with Crippen molar-refractivity contribution in [2.75, 3.05) is 0 Å². The smallest absolute Gasteiger partial charge is 0.326 e. The molecule has 0 unspecified atom stereocenters. The van der Waals surface area contributed by atoms with E-state index in [1.165, 1.54) is 16.9 Å². The lowest BCUT2D eigenvalue weighted by atomic mass is 10.2. The molecule has 0 radical (unpaired) electrons. The first-order valence-electron chi connectivity index (χ1n) is 4.71. The number of nitrogens with zero attached hydrogens (tertiary/aromatic N) is 2. The standard InChI is InChI=1S/C9H12N4O4/c1-13-6(2-3-11-13)8(15)12-5(9(16)17)4-7(10)14/h2-3,5H,4H2,1H3,(H2,10,14)(H,12,15)(H,16,17)/t5-/m1/s1. The van der Waals surface area contributed by atoms with Gasteiger partial charge >= 0.3 is 5.97 Å². The number of hydrogen-bond donors (Lipinski definition) is 3. The maximum atomic E-state index is 11.6. The molecule has 1 atom stereocenters. The molecule has 0 aliphatic rings. The molecule has 0 fully saturated rings. The molecular weight excluding hydrogens is 228 g/mol. The summed E-state index contributed by atoms with van der Waals surface area (Å²) in [6.07, 6.45) is 0.942. The van der Waals surface area contributed by atoms with Gasteiger partial charge in [-0.15, -0.1) is 0 Å². The Hall–Kier alpha value is -2.38. The van der Waals surface area contributed by atoms with Crippen molar-refractivity contribution in [2.45, 2.75) is 12.5 Å². The van der Waals surface area contributed by atoms with Gasteiger partial charge in [-0.1, -0.05) is 0 Å². The average Bonchev–Trinajstić information content (AvgIpc) is 2.62. The van der Waals surface area contributed by atoms with Crippen molar-refractivity contribution < 1.29 is 19.5 Å². The van der Waals surface area contributed by atoms with Gasteiger partial charge in [-0.3, -0.25) is 14.3 Å². The molecule has 0 spiro atoms. The summed E-state index contributed by atoms with van der Waals surface area (Å²) in [6, 6.07) is 0.0910. The van der Waals surface area contributed by atoms with Gasteiger partial charge in [0.05, 0.1) is 6.42 Å².